The lowest BCUT2D eigenvalue weighted by Gasteiger charge is -2.28. The number of ether oxygens (including phenoxy) is 2. The molecule has 0 radical (unpaired) electrons. The summed E-state index contributed by atoms with van der Waals surface area (Å²) in [4.78, 5) is 28.0. The van der Waals surface area contributed by atoms with E-state index in [1.807, 2.05) is 6.92 Å². The van der Waals surface area contributed by atoms with Gasteiger partial charge < -0.3 is 20.2 Å². The first-order chi connectivity index (χ1) is 12.5. The van der Waals surface area contributed by atoms with Gasteiger partial charge in [0.1, 0.15) is 11.3 Å². The third-order valence-corrected chi connectivity index (χ3v) is 4.64. The van der Waals surface area contributed by atoms with Gasteiger partial charge in [-0.15, -0.1) is 0 Å². The fourth-order valence-corrected chi connectivity index (χ4v) is 3.41. The van der Waals surface area contributed by atoms with Crippen molar-refractivity contribution in [3.05, 3.63) is 74.0 Å². The molecule has 6 nitrogen and oxygen atoms in total. The minimum absolute atomic E-state index is 0.0573. The average Bonchev–Trinajstić information content (AvgIpc) is 2.60. The van der Waals surface area contributed by atoms with E-state index in [-0.39, 0.29) is 22.6 Å². The number of nitrogens with one attached hydrogen (secondary N) is 1. The summed E-state index contributed by atoms with van der Waals surface area (Å²) in [6.07, 6.45) is 1.55. The molecule has 0 spiro atoms. The summed E-state index contributed by atoms with van der Waals surface area (Å²) in [7, 11) is 1.25. The first kappa shape index (κ1) is 18.1. The summed E-state index contributed by atoms with van der Waals surface area (Å²) in [6, 6.07) is 8.73. The molecule has 136 valence electrons. The molecule has 1 aliphatic heterocycles. The highest BCUT2D eigenvalue weighted by atomic mass is 35.5. The Labute approximate surface area is 155 Å². The number of hydrogen-bond donors (Lipinski definition) is 2. The van der Waals surface area contributed by atoms with Crippen molar-refractivity contribution in [2.75, 3.05) is 7.11 Å². The van der Waals surface area contributed by atoms with Crippen LogP contribution in [0.2, 0.25) is 5.02 Å². The van der Waals surface area contributed by atoms with Crippen LogP contribution >= 0.6 is 11.6 Å². The summed E-state index contributed by atoms with van der Waals surface area (Å²) >= 11 is 6.35. The number of benzene rings is 1. The number of methoxy groups -OCH3 is 1. The Morgan fingerprint density at radius 3 is 2.77 bits per heavy atom. The van der Waals surface area contributed by atoms with Gasteiger partial charge in [-0.05, 0) is 18.1 Å². The fourth-order valence-electron chi connectivity index (χ4n) is 3.17. The van der Waals surface area contributed by atoms with Gasteiger partial charge >= 0.3 is 5.97 Å². The number of aromatic nitrogens is 1. The number of nitrogens with two attached hydrogens (primary N) is 1. The number of H-pyrrole nitrogens is 1. The molecule has 2 aromatic rings. The van der Waals surface area contributed by atoms with Crippen LogP contribution in [0.3, 0.4) is 0 Å². The van der Waals surface area contributed by atoms with Gasteiger partial charge in [0.15, 0.2) is 0 Å². The minimum atomic E-state index is -0.778. The van der Waals surface area contributed by atoms with Gasteiger partial charge in [0.05, 0.1) is 18.6 Å². The van der Waals surface area contributed by atoms with E-state index in [1.165, 1.54) is 7.11 Å². The van der Waals surface area contributed by atoms with Crippen LogP contribution in [0.15, 0.2) is 46.6 Å². The van der Waals surface area contributed by atoms with E-state index in [2.05, 4.69) is 4.98 Å². The van der Waals surface area contributed by atoms with Gasteiger partial charge in [-0.1, -0.05) is 43.1 Å². The number of halogens is 1. The number of carbonyl (C=O) groups excluding carboxylic acids is 1. The molecule has 7 heteroatoms. The topological polar surface area (TPSA) is 94.4 Å². The third-order valence-electron chi connectivity index (χ3n) is 4.29. The number of hydrogen-bond acceptors (Lipinski definition) is 5. The molecule has 0 amide bonds. The number of fused-ring (bicyclic) bond motifs is 1. The SMILES string of the molecule is CCCc1cc2c(c(=O)[nH]1)C(c1ccccc1Cl)C(C(=O)OC)=C(N)O2. The lowest BCUT2D eigenvalue weighted by molar-refractivity contribution is -0.136. The van der Waals surface area contributed by atoms with Crippen molar-refractivity contribution in [1.29, 1.82) is 0 Å². The highest BCUT2D eigenvalue weighted by molar-refractivity contribution is 6.31. The van der Waals surface area contributed by atoms with E-state index in [1.54, 1.807) is 30.3 Å². The monoisotopic (exact) mass is 374 g/mol. The Morgan fingerprint density at radius 2 is 2.12 bits per heavy atom. The number of carbonyl (C=O) groups is 1. The largest absolute Gasteiger partial charge is 0.465 e. The van der Waals surface area contributed by atoms with Crippen molar-refractivity contribution in [1.82, 2.24) is 4.98 Å². The molecule has 1 aromatic heterocycles. The van der Waals surface area contributed by atoms with Crippen molar-refractivity contribution >= 4 is 17.6 Å². The third kappa shape index (κ3) is 3.08. The fraction of sp³-hybridized carbons (Fsp3) is 0.263. The molecule has 1 atom stereocenters. The zero-order valence-electron chi connectivity index (χ0n) is 14.5. The number of pyridine rings is 1. The Hall–Kier alpha value is -2.73. The van der Waals surface area contributed by atoms with Crippen LogP contribution in [0.4, 0.5) is 0 Å². The molecule has 26 heavy (non-hydrogen) atoms. The van der Waals surface area contributed by atoms with Crippen LogP contribution in [0.25, 0.3) is 0 Å². The Morgan fingerprint density at radius 1 is 1.38 bits per heavy atom. The molecule has 0 aliphatic carbocycles. The number of esters is 1. The highest BCUT2D eigenvalue weighted by Gasteiger charge is 2.38. The first-order valence-electron chi connectivity index (χ1n) is 8.24. The van der Waals surface area contributed by atoms with E-state index in [4.69, 9.17) is 26.8 Å². The smallest absolute Gasteiger partial charge is 0.340 e. The van der Waals surface area contributed by atoms with E-state index in [0.29, 0.717) is 22.8 Å². The van der Waals surface area contributed by atoms with Gasteiger partial charge in [0.25, 0.3) is 5.56 Å². The van der Waals surface area contributed by atoms with Crippen molar-refractivity contribution in [2.24, 2.45) is 5.73 Å². The van der Waals surface area contributed by atoms with E-state index in [0.717, 1.165) is 12.1 Å². The molecule has 0 saturated heterocycles. The molecule has 2 heterocycles. The van der Waals surface area contributed by atoms with Gasteiger partial charge in [-0.3, -0.25) is 4.79 Å². The molecule has 1 aromatic carbocycles. The maximum atomic E-state index is 12.8. The summed E-state index contributed by atoms with van der Waals surface area (Å²) in [6.45, 7) is 2.01. The van der Waals surface area contributed by atoms with E-state index >= 15 is 0 Å². The molecular weight excluding hydrogens is 356 g/mol. The quantitative estimate of drug-likeness (QED) is 0.802. The molecule has 1 unspecified atom stereocenters. The standard InChI is InChI=1S/C19H19ClN2O4/c1-3-6-10-9-13-15(18(23)22-10)14(11-7-4-5-8-12(11)20)16(17(21)26-13)19(24)25-2/h4-5,7-9,14H,3,6,21H2,1-2H3,(H,22,23). The lowest BCUT2D eigenvalue weighted by atomic mass is 9.83. The Bertz CT molecular complexity index is 949. The zero-order valence-corrected chi connectivity index (χ0v) is 15.2. The second-order valence-corrected chi connectivity index (χ2v) is 6.38. The second-order valence-electron chi connectivity index (χ2n) is 5.98. The first-order valence-corrected chi connectivity index (χ1v) is 8.62. The van der Waals surface area contributed by atoms with Gasteiger partial charge in [0.2, 0.25) is 5.88 Å². The maximum Gasteiger partial charge on any atom is 0.340 e. The lowest BCUT2D eigenvalue weighted by Crippen LogP contribution is -2.32. The summed E-state index contributed by atoms with van der Waals surface area (Å²) in [5.41, 5.74) is 7.34. The van der Waals surface area contributed by atoms with Crippen LogP contribution in [0.1, 0.15) is 36.1 Å². The van der Waals surface area contributed by atoms with Gasteiger partial charge in [0, 0.05) is 16.8 Å². The van der Waals surface area contributed by atoms with Crippen molar-refractivity contribution in [3.63, 3.8) is 0 Å². The predicted octanol–water partition coefficient (Wildman–Crippen LogP) is 2.85. The van der Waals surface area contributed by atoms with Crippen molar-refractivity contribution < 1.29 is 14.3 Å². The molecule has 0 fully saturated rings. The number of aryl methyl sites for hydroxylation is 1. The molecular formula is C19H19ClN2O4. The summed E-state index contributed by atoms with van der Waals surface area (Å²) in [5, 5.41) is 0.414. The van der Waals surface area contributed by atoms with E-state index in [9.17, 15) is 9.59 Å². The molecule has 3 N–H and O–H groups in total. The number of rotatable bonds is 4. The maximum absolute atomic E-state index is 12.8. The van der Waals surface area contributed by atoms with Crippen LogP contribution in [-0.4, -0.2) is 18.1 Å². The average molecular weight is 375 g/mol. The predicted molar refractivity (Wildman–Crippen MR) is 98.2 cm³/mol. The Balaban J connectivity index is 2.29. The minimum Gasteiger partial charge on any atom is -0.465 e. The zero-order chi connectivity index (χ0) is 18.8. The molecule has 1 aliphatic rings. The van der Waals surface area contributed by atoms with Gasteiger partial charge in [-0.2, -0.15) is 0 Å². The van der Waals surface area contributed by atoms with Crippen LogP contribution in [-0.2, 0) is 16.0 Å². The van der Waals surface area contributed by atoms with Gasteiger partial charge in [-0.25, -0.2) is 4.79 Å². The normalized spacial score (nSPS) is 16.0. The summed E-state index contributed by atoms with van der Waals surface area (Å²) < 4.78 is 10.5. The van der Waals surface area contributed by atoms with Crippen molar-refractivity contribution in [2.45, 2.75) is 25.7 Å². The van der Waals surface area contributed by atoms with Crippen LogP contribution in [0, 0.1) is 0 Å². The van der Waals surface area contributed by atoms with Crippen molar-refractivity contribution in [3.8, 4) is 5.75 Å². The summed E-state index contributed by atoms with van der Waals surface area (Å²) in [5.74, 6) is -1.22. The van der Waals surface area contributed by atoms with E-state index < -0.39 is 11.9 Å². The Kier molecular flexibility index (Phi) is 5.04. The van der Waals surface area contributed by atoms with Crippen LogP contribution in [0.5, 0.6) is 5.75 Å². The second kappa shape index (κ2) is 7.25. The molecule has 0 bridgehead atoms. The molecule has 3 rings (SSSR count). The highest BCUT2D eigenvalue weighted by Crippen LogP contribution is 2.43. The van der Waals surface area contributed by atoms with Crippen LogP contribution < -0.4 is 16.0 Å². The number of aromatic amines is 1. The molecule has 0 saturated carbocycles.